The molecule has 0 spiro atoms. The van der Waals surface area contributed by atoms with Crippen molar-refractivity contribution in [3.8, 4) is 0 Å². The largest absolute Gasteiger partial charge is 0.288 e. The second kappa shape index (κ2) is 5.29. The number of carbonyl (C=O) groups excluding carboxylic acids is 1. The third-order valence-corrected chi connectivity index (χ3v) is 5.68. The van der Waals surface area contributed by atoms with Crippen LogP contribution in [0.25, 0.3) is 10.2 Å². The summed E-state index contributed by atoms with van der Waals surface area (Å²) in [6.07, 6.45) is 0.199. The number of nitrogens with two attached hydrogens (primary N) is 1. The predicted octanol–water partition coefficient (Wildman–Crippen LogP) is 1.55. The monoisotopic (exact) mass is 339 g/mol. The highest BCUT2D eigenvalue weighted by atomic mass is 32.2. The van der Waals surface area contributed by atoms with Crippen LogP contribution in [0.15, 0.2) is 12.1 Å². The van der Waals surface area contributed by atoms with Crippen LogP contribution in [0.1, 0.15) is 17.5 Å². The van der Waals surface area contributed by atoms with Gasteiger partial charge in [-0.05, 0) is 31.0 Å². The Kier molecular flexibility index (Phi) is 3.70. The number of primary sulfonamides is 1. The topological polar surface area (TPSA) is 93.4 Å². The lowest BCUT2D eigenvalue weighted by atomic mass is 10.1. The molecule has 8 heteroatoms. The molecule has 1 aromatic heterocycles. The van der Waals surface area contributed by atoms with Crippen LogP contribution in [0.5, 0.6) is 0 Å². The standard InChI is InChI=1S/C14H17N3O3S2/c1-8-3-9(2)13-11(4-8)21-14(16-13)17-6-10(5-12(17)18)7-22(15,19)20/h3-4,10H,5-7H2,1-2H3,(H2,15,19,20). The van der Waals surface area contributed by atoms with Gasteiger partial charge in [-0.1, -0.05) is 17.4 Å². The number of hydrogen-bond donors (Lipinski definition) is 1. The highest BCUT2D eigenvalue weighted by Crippen LogP contribution is 2.34. The minimum Gasteiger partial charge on any atom is -0.288 e. The van der Waals surface area contributed by atoms with Crippen molar-refractivity contribution in [3.63, 3.8) is 0 Å². The number of aryl methyl sites for hydroxylation is 2. The molecule has 2 N–H and O–H groups in total. The molecule has 0 bridgehead atoms. The molecule has 1 aromatic carbocycles. The van der Waals surface area contributed by atoms with Crippen molar-refractivity contribution in [1.29, 1.82) is 0 Å². The van der Waals surface area contributed by atoms with Crippen molar-refractivity contribution < 1.29 is 13.2 Å². The first-order valence-corrected chi connectivity index (χ1v) is 9.45. The van der Waals surface area contributed by atoms with E-state index in [0.717, 1.165) is 21.3 Å². The Bertz CT molecular complexity index is 858. The molecule has 1 aliphatic heterocycles. The van der Waals surface area contributed by atoms with Gasteiger partial charge in [0, 0.05) is 18.9 Å². The van der Waals surface area contributed by atoms with Crippen molar-refractivity contribution in [1.82, 2.24) is 4.98 Å². The number of aromatic nitrogens is 1. The van der Waals surface area contributed by atoms with E-state index in [2.05, 4.69) is 11.1 Å². The van der Waals surface area contributed by atoms with E-state index in [4.69, 9.17) is 5.14 Å². The number of hydrogen-bond acceptors (Lipinski definition) is 5. The van der Waals surface area contributed by atoms with Crippen molar-refractivity contribution in [3.05, 3.63) is 23.3 Å². The molecule has 0 saturated carbocycles. The third kappa shape index (κ3) is 2.99. The summed E-state index contributed by atoms with van der Waals surface area (Å²) in [5, 5.41) is 5.70. The lowest BCUT2D eigenvalue weighted by Gasteiger charge is -2.12. The van der Waals surface area contributed by atoms with Crippen molar-refractivity contribution in [2.24, 2.45) is 11.1 Å². The molecule has 1 unspecified atom stereocenters. The number of fused-ring (bicyclic) bond motifs is 1. The normalized spacial score (nSPS) is 19.3. The summed E-state index contributed by atoms with van der Waals surface area (Å²) in [6, 6.07) is 4.10. The van der Waals surface area contributed by atoms with Gasteiger partial charge in [-0.25, -0.2) is 18.5 Å². The van der Waals surface area contributed by atoms with Crippen molar-refractivity contribution in [2.75, 3.05) is 17.2 Å². The molecule has 1 aliphatic rings. The van der Waals surface area contributed by atoms with E-state index >= 15 is 0 Å². The summed E-state index contributed by atoms with van der Waals surface area (Å²) in [7, 11) is -3.57. The zero-order valence-electron chi connectivity index (χ0n) is 12.4. The van der Waals surface area contributed by atoms with E-state index in [9.17, 15) is 13.2 Å². The van der Waals surface area contributed by atoms with Gasteiger partial charge < -0.3 is 0 Å². The highest BCUT2D eigenvalue weighted by Gasteiger charge is 2.34. The number of amides is 1. The number of nitrogens with zero attached hydrogens (tertiary/aromatic N) is 2. The molecule has 1 saturated heterocycles. The smallest absolute Gasteiger partial charge is 0.229 e. The fourth-order valence-electron chi connectivity index (χ4n) is 2.88. The van der Waals surface area contributed by atoms with Crippen LogP contribution in [0.2, 0.25) is 0 Å². The molecule has 2 heterocycles. The van der Waals surface area contributed by atoms with Gasteiger partial charge in [0.05, 0.1) is 16.0 Å². The van der Waals surface area contributed by atoms with Gasteiger partial charge in [0.1, 0.15) is 0 Å². The molecule has 6 nitrogen and oxygen atoms in total. The molecular weight excluding hydrogens is 322 g/mol. The van der Waals surface area contributed by atoms with Crippen LogP contribution in [-0.4, -0.2) is 31.6 Å². The maximum absolute atomic E-state index is 12.2. The van der Waals surface area contributed by atoms with Gasteiger partial charge in [0.15, 0.2) is 5.13 Å². The molecule has 1 atom stereocenters. The molecule has 0 radical (unpaired) electrons. The Morgan fingerprint density at radius 1 is 1.41 bits per heavy atom. The van der Waals surface area contributed by atoms with Gasteiger partial charge in [-0.15, -0.1) is 0 Å². The number of carbonyl (C=O) groups is 1. The van der Waals surface area contributed by atoms with E-state index in [0.29, 0.717) is 11.7 Å². The number of rotatable bonds is 3. The Labute approximate surface area is 133 Å². The molecule has 2 aromatic rings. The van der Waals surface area contributed by atoms with Crippen LogP contribution in [0, 0.1) is 19.8 Å². The third-order valence-electron chi connectivity index (χ3n) is 3.72. The highest BCUT2D eigenvalue weighted by molar-refractivity contribution is 7.89. The van der Waals surface area contributed by atoms with Crippen LogP contribution < -0.4 is 10.0 Å². The minimum absolute atomic E-state index is 0.0953. The summed E-state index contributed by atoms with van der Waals surface area (Å²) < 4.78 is 23.4. The summed E-state index contributed by atoms with van der Waals surface area (Å²) >= 11 is 1.46. The Hall–Kier alpha value is -1.51. The summed E-state index contributed by atoms with van der Waals surface area (Å²) in [6.45, 7) is 4.37. The number of sulfonamides is 1. The quantitative estimate of drug-likeness (QED) is 0.918. The number of thiazole rings is 1. The number of benzene rings is 1. The first-order chi connectivity index (χ1) is 10.2. The van der Waals surface area contributed by atoms with E-state index in [1.165, 1.54) is 11.3 Å². The van der Waals surface area contributed by atoms with Gasteiger partial charge in [-0.2, -0.15) is 0 Å². The van der Waals surface area contributed by atoms with Gasteiger partial charge in [0.2, 0.25) is 15.9 Å². The lowest BCUT2D eigenvalue weighted by molar-refractivity contribution is -0.117. The van der Waals surface area contributed by atoms with Crippen LogP contribution in [0.4, 0.5) is 5.13 Å². The zero-order valence-corrected chi connectivity index (χ0v) is 14.0. The zero-order chi connectivity index (χ0) is 16.1. The summed E-state index contributed by atoms with van der Waals surface area (Å²) in [5.74, 6) is -0.530. The fourth-order valence-corrected chi connectivity index (χ4v) is 4.93. The molecule has 22 heavy (non-hydrogen) atoms. The van der Waals surface area contributed by atoms with Gasteiger partial charge >= 0.3 is 0 Å². The Morgan fingerprint density at radius 3 is 2.82 bits per heavy atom. The maximum Gasteiger partial charge on any atom is 0.229 e. The lowest BCUT2D eigenvalue weighted by Crippen LogP contribution is -2.27. The minimum atomic E-state index is -3.57. The van der Waals surface area contributed by atoms with E-state index in [1.807, 2.05) is 19.9 Å². The predicted molar refractivity (Wildman–Crippen MR) is 87.5 cm³/mol. The Balaban J connectivity index is 1.91. The van der Waals surface area contributed by atoms with Crippen LogP contribution in [0.3, 0.4) is 0 Å². The van der Waals surface area contributed by atoms with E-state index in [-0.39, 0.29) is 24.0 Å². The second-order valence-electron chi connectivity index (χ2n) is 5.83. The van der Waals surface area contributed by atoms with Crippen LogP contribution in [-0.2, 0) is 14.8 Å². The first kappa shape index (κ1) is 15.4. The van der Waals surface area contributed by atoms with Crippen LogP contribution >= 0.6 is 11.3 Å². The molecule has 0 aliphatic carbocycles. The SMILES string of the molecule is Cc1cc(C)c2nc(N3CC(CS(N)(=O)=O)CC3=O)sc2c1. The average Bonchev–Trinajstić information content (AvgIpc) is 2.90. The molecule has 118 valence electrons. The van der Waals surface area contributed by atoms with Gasteiger partial charge in [0.25, 0.3) is 0 Å². The second-order valence-corrected chi connectivity index (χ2v) is 8.50. The van der Waals surface area contributed by atoms with E-state index in [1.54, 1.807) is 4.90 Å². The average molecular weight is 339 g/mol. The molecular formula is C14H17N3O3S2. The first-order valence-electron chi connectivity index (χ1n) is 6.91. The molecule has 1 amide bonds. The Morgan fingerprint density at radius 2 is 2.14 bits per heavy atom. The summed E-state index contributed by atoms with van der Waals surface area (Å²) in [5.41, 5.74) is 3.12. The van der Waals surface area contributed by atoms with Crippen molar-refractivity contribution >= 4 is 42.6 Å². The number of anilines is 1. The van der Waals surface area contributed by atoms with Crippen molar-refractivity contribution in [2.45, 2.75) is 20.3 Å². The van der Waals surface area contributed by atoms with E-state index < -0.39 is 10.0 Å². The summed E-state index contributed by atoms with van der Waals surface area (Å²) in [4.78, 5) is 18.3. The maximum atomic E-state index is 12.2. The fraction of sp³-hybridized carbons (Fsp3) is 0.429. The molecule has 1 fully saturated rings. The molecule has 3 rings (SSSR count). The van der Waals surface area contributed by atoms with Gasteiger partial charge in [-0.3, -0.25) is 9.69 Å².